The molecule has 2 aromatic rings. The molecule has 0 aliphatic heterocycles. The van der Waals surface area contributed by atoms with Crippen molar-refractivity contribution in [3.63, 3.8) is 0 Å². The summed E-state index contributed by atoms with van der Waals surface area (Å²) < 4.78 is 5.97. The number of nitro benzene ring substituents is 1. The third-order valence-electron chi connectivity index (χ3n) is 9.17. The molecule has 2 aliphatic carbocycles. The highest BCUT2D eigenvalue weighted by atomic mass is 16.7. The molecule has 4 rings (SSSR count). The van der Waals surface area contributed by atoms with Gasteiger partial charge in [0, 0.05) is 30.4 Å². The van der Waals surface area contributed by atoms with Crippen molar-refractivity contribution in [3.05, 3.63) is 63.2 Å². The molecule has 0 amide bonds. The molecule has 41 heavy (non-hydrogen) atoms. The van der Waals surface area contributed by atoms with Crippen molar-refractivity contribution in [3.8, 4) is 11.1 Å². The van der Waals surface area contributed by atoms with Gasteiger partial charge in [-0.2, -0.15) is 0 Å². The Labute approximate surface area is 242 Å². The van der Waals surface area contributed by atoms with Gasteiger partial charge in [0.25, 0.3) is 5.69 Å². The minimum atomic E-state index is -0.534. The zero-order chi connectivity index (χ0) is 29.8. The van der Waals surface area contributed by atoms with Crippen LogP contribution in [0.15, 0.2) is 41.6 Å². The molecular formula is C33H42N2O6. The number of nitro groups is 1. The van der Waals surface area contributed by atoms with Gasteiger partial charge in [-0.1, -0.05) is 57.3 Å². The zero-order valence-electron chi connectivity index (χ0n) is 25.0. The number of benzene rings is 2. The topological polar surface area (TPSA) is 108 Å². The summed E-state index contributed by atoms with van der Waals surface area (Å²) in [6.07, 6.45) is 7.75. The van der Waals surface area contributed by atoms with Crippen molar-refractivity contribution < 1.29 is 24.1 Å². The first-order chi connectivity index (χ1) is 19.6. The summed E-state index contributed by atoms with van der Waals surface area (Å²) in [7, 11) is 0. The summed E-state index contributed by atoms with van der Waals surface area (Å²) in [5.41, 5.74) is 4.41. The summed E-state index contributed by atoms with van der Waals surface area (Å²) in [6, 6.07) is 11.1. The number of fused-ring (bicyclic) bond motifs is 3. The van der Waals surface area contributed by atoms with Crippen LogP contribution in [0.1, 0.15) is 116 Å². The first kappa shape index (κ1) is 30.4. The number of non-ortho nitro benzene ring substituents is 1. The van der Waals surface area contributed by atoms with E-state index in [2.05, 4.69) is 19.0 Å². The second-order valence-corrected chi connectivity index (χ2v) is 11.8. The maximum Gasteiger partial charge on any atom is 0.334 e. The normalized spacial score (nSPS) is 16.6. The predicted molar refractivity (Wildman–Crippen MR) is 159 cm³/mol. The Bertz CT molecular complexity index is 1340. The molecule has 1 saturated carbocycles. The molecule has 0 N–H and O–H groups in total. The van der Waals surface area contributed by atoms with E-state index in [0.29, 0.717) is 11.6 Å². The monoisotopic (exact) mass is 562 g/mol. The molecule has 0 spiro atoms. The molecule has 8 heteroatoms. The van der Waals surface area contributed by atoms with Gasteiger partial charge in [-0.3, -0.25) is 14.9 Å². The number of hydrogen-bond donors (Lipinski definition) is 0. The fourth-order valence-corrected chi connectivity index (χ4v) is 6.65. The van der Waals surface area contributed by atoms with Gasteiger partial charge in [0.15, 0.2) is 0 Å². The van der Waals surface area contributed by atoms with E-state index in [4.69, 9.17) is 9.57 Å². The maximum atomic E-state index is 13.0. The fourth-order valence-electron chi connectivity index (χ4n) is 6.65. The summed E-state index contributed by atoms with van der Waals surface area (Å²) in [5.74, 6) is -0.405. The van der Waals surface area contributed by atoms with Crippen LogP contribution in [0.25, 0.3) is 11.1 Å². The Hall–Kier alpha value is -3.55. The van der Waals surface area contributed by atoms with Crippen molar-refractivity contribution in [2.24, 2.45) is 11.1 Å². The van der Waals surface area contributed by atoms with E-state index < -0.39 is 17.0 Å². The van der Waals surface area contributed by atoms with Crippen LogP contribution in [0.3, 0.4) is 0 Å². The number of oxime groups is 1. The molecule has 0 aromatic heterocycles. The molecule has 0 radical (unpaired) electrons. The molecule has 0 heterocycles. The fraction of sp³-hybridized carbons (Fsp3) is 0.545. The largest absolute Gasteiger partial charge is 0.459 e. The SMILES string of the molecule is CCC(=O)O/N=C(/CCC(=O)OC(C)(C)C1CCCCC1)c1ccc2c(c1)C(CC)(CC)c1cc([N+](=O)[O-])ccc1-2. The molecule has 0 bridgehead atoms. The number of carbonyl (C=O) groups excluding carboxylic acids is 2. The Kier molecular flexibility index (Phi) is 9.30. The van der Waals surface area contributed by atoms with E-state index in [9.17, 15) is 19.7 Å². The number of hydrogen-bond acceptors (Lipinski definition) is 7. The lowest BCUT2D eigenvalue weighted by atomic mass is 9.73. The predicted octanol–water partition coefficient (Wildman–Crippen LogP) is 8.02. The molecule has 0 atom stereocenters. The van der Waals surface area contributed by atoms with Gasteiger partial charge < -0.3 is 9.57 Å². The third-order valence-corrected chi connectivity index (χ3v) is 9.17. The first-order valence-electron chi connectivity index (χ1n) is 15.0. The lowest BCUT2D eigenvalue weighted by Gasteiger charge is -2.36. The summed E-state index contributed by atoms with van der Waals surface area (Å²) >= 11 is 0. The second kappa shape index (κ2) is 12.5. The van der Waals surface area contributed by atoms with Crippen LogP contribution in [0.4, 0.5) is 5.69 Å². The maximum absolute atomic E-state index is 13.0. The zero-order valence-corrected chi connectivity index (χ0v) is 25.0. The van der Waals surface area contributed by atoms with E-state index in [1.165, 1.54) is 6.42 Å². The molecule has 8 nitrogen and oxygen atoms in total. The smallest absolute Gasteiger partial charge is 0.334 e. The molecule has 2 aliphatic rings. The molecule has 0 saturated heterocycles. The highest BCUT2D eigenvalue weighted by Gasteiger charge is 2.42. The Morgan fingerprint density at radius 2 is 1.59 bits per heavy atom. The molecule has 1 fully saturated rings. The van der Waals surface area contributed by atoms with Crippen LogP contribution in [0.2, 0.25) is 0 Å². The second-order valence-electron chi connectivity index (χ2n) is 11.8. The average Bonchev–Trinajstić information content (AvgIpc) is 3.25. The van der Waals surface area contributed by atoms with Gasteiger partial charge in [-0.25, -0.2) is 4.79 Å². The summed E-state index contributed by atoms with van der Waals surface area (Å²) in [6.45, 7) is 9.88. The van der Waals surface area contributed by atoms with Crippen LogP contribution < -0.4 is 0 Å². The Morgan fingerprint density at radius 3 is 2.20 bits per heavy atom. The van der Waals surface area contributed by atoms with Crippen LogP contribution in [-0.4, -0.2) is 28.2 Å². The number of carbonyl (C=O) groups is 2. The van der Waals surface area contributed by atoms with E-state index in [-0.39, 0.29) is 35.8 Å². The highest BCUT2D eigenvalue weighted by Crippen LogP contribution is 2.53. The lowest BCUT2D eigenvalue weighted by molar-refractivity contribution is -0.384. The summed E-state index contributed by atoms with van der Waals surface area (Å²) in [5, 5.41) is 15.8. The molecule has 0 unspecified atom stereocenters. The van der Waals surface area contributed by atoms with E-state index >= 15 is 0 Å². The third kappa shape index (κ3) is 6.21. The van der Waals surface area contributed by atoms with Crippen molar-refractivity contribution in [2.45, 2.75) is 110 Å². The van der Waals surface area contributed by atoms with Crippen LogP contribution in [-0.2, 0) is 24.6 Å². The van der Waals surface area contributed by atoms with Crippen LogP contribution in [0.5, 0.6) is 0 Å². The van der Waals surface area contributed by atoms with Crippen molar-refractivity contribution in [1.29, 1.82) is 0 Å². The van der Waals surface area contributed by atoms with Gasteiger partial charge in [-0.05, 0) is 85.4 Å². The molecular weight excluding hydrogens is 520 g/mol. The Balaban J connectivity index is 1.63. The van der Waals surface area contributed by atoms with E-state index in [0.717, 1.165) is 66.3 Å². The van der Waals surface area contributed by atoms with Gasteiger partial charge in [0.1, 0.15) is 5.60 Å². The number of ether oxygens (including phenoxy) is 1. The van der Waals surface area contributed by atoms with Gasteiger partial charge in [-0.15, -0.1) is 0 Å². The van der Waals surface area contributed by atoms with Gasteiger partial charge in [0.2, 0.25) is 0 Å². The molecule has 2 aromatic carbocycles. The summed E-state index contributed by atoms with van der Waals surface area (Å²) in [4.78, 5) is 41.4. The van der Waals surface area contributed by atoms with E-state index in [1.807, 2.05) is 38.1 Å². The van der Waals surface area contributed by atoms with Crippen molar-refractivity contribution in [2.75, 3.05) is 0 Å². The van der Waals surface area contributed by atoms with Crippen LogP contribution in [0, 0.1) is 16.0 Å². The van der Waals surface area contributed by atoms with Crippen LogP contribution >= 0.6 is 0 Å². The average molecular weight is 563 g/mol. The van der Waals surface area contributed by atoms with E-state index in [1.54, 1.807) is 19.1 Å². The standard InChI is InChI=1S/C33H42N2O6/c1-6-30(36)41-34-29(18-19-31(37)40-32(4,5)23-12-10-9-11-13-23)22-14-16-25-26-17-15-24(35(38)39)21-28(26)33(7-2,8-3)27(25)20-22/h14-17,20-21,23H,6-13,18-19H2,1-5H3/b34-29-. The quantitative estimate of drug-likeness (QED) is 0.0902. The van der Waals surface area contributed by atoms with Gasteiger partial charge in [0.05, 0.1) is 17.1 Å². The number of esters is 1. The van der Waals surface area contributed by atoms with Gasteiger partial charge >= 0.3 is 11.9 Å². The molecule has 220 valence electrons. The first-order valence-corrected chi connectivity index (χ1v) is 15.0. The Morgan fingerprint density at radius 1 is 0.951 bits per heavy atom. The lowest BCUT2D eigenvalue weighted by Crippen LogP contribution is -2.38. The van der Waals surface area contributed by atoms with Crippen molar-refractivity contribution >= 4 is 23.3 Å². The minimum Gasteiger partial charge on any atom is -0.459 e. The van der Waals surface area contributed by atoms with Crippen molar-refractivity contribution in [1.82, 2.24) is 0 Å². The minimum absolute atomic E-state index is 0.0754. The number of nitrogens with zero attached hydrogens (tertiary/aromatic N) is 2. The number of rotatable bonds is 11. The highest BCUT2D eigenvalue weighted by molar-refractivity contribution is 6.03.